The van der Waals surface area contributed by atoms with Gasteiger partial charge in [-0.15, -0.1) is 0 Å². The minimum Gasteiger partial charge on any atom is -0.342 e. The second-order valence-corrected chi connectivity index (χ2v) is 2.60. The normalized spacial score (nSPS) is 10.5. The molecule has 1 N–H and O–H groups in total. The molecule has 0 bridgehead atoms. The first kappa shape index (κ1) is 7.94. The number of nitrogens with zero attached hydrogens (tertiary/aromatic N) is 2. The molecule has 0 radical (unpaired) electrons. The molecular weight excluding hydrogens is 142 g/mol. The molecule has 0 saturated heterocycles. The third-order valence-corrected chi connectivity index (χ3v) is 1.22. The molecule has 1 heterocycles. The Morgan fingerprint density at radius 1 is 1.73 bits per heavy atom. The molecule has 0 saturated carbocycles. The number of Topliss-reactive ketones (excluding diaryl/α,β-unsaturated/α-hetero) is 1. The summed E-state index contributed by atoms with van der Waals surface area (Å²) < 4.78 is 0. The largest absolute Gasteiger partial charge is 0.342 e. The number of H-pyrrole nitrogens is 1. The Hall–Kier alpha value is -1.16. The van der Waals surface area contributed by atoms with Gasteiger partial charge in [0, 0.05) is 12.4 Å². The van der Waals surface area contributed by atoms with Crippen LogP contribution in [0.25, 0.3) is 0 Å². The van der Waals surface area contributed by atoms with Crippen molar-refractivity contribution in [3.63, 3.8) is 0 Å². The van der Waals surface area contributed by atoms with E-state index in [1.165, 1.54) is 0 Å². The smallest absolute Gasteiger partial charge is 0.211 e. The summed E-state index contributed by atoms with van der Waals surface area (Å²) in [6, 6.07) is 0. The molecule has 1 aromatic rings. The van der Waals surface area contributed by atoms with E-state index in [4.69, 9.17) is 0 Å². The van der Waals surface area contributed by atoms with Crippen LogP contribution in [0.3, 0.4) is 0 Å². The number of nitrogens with one attached hydrogen (secondary N) is 1. The van der Waals surface area contributed by atoms with Crippen molar-refractivity contribution in [2.45, 2.75) is 0 Å². The fourth-order valence-electron chi connectivity index (χ4n) is 0.780. The highest BCUT2D eigenvalue weighted by Gasteiger charge is 2.07. The topological polar surface area (TPSA) is 49.0 Å². The summed E-state index contributed by atoms with van der Waals surface area (Å²) in [5.74, 6) is 0.443. The summed E-state index contributed by atoms with van der Waals surface area (Å²) in [7, 11) is 3.70. The van der Waals surface area contributed by atoms with Gasteiger partial charge in [-0.25, -0.2) is 4.98 Å². The number of carbonyl (C=O) groups excluding carboxylic acids is 1. The Labute approximate surface area is 65.2 Å². The third-order valence-electron chi connectivity index (χ3n) is 1.22. The Morgan fingerprint density at radius 3 is 2.91 bits per heavy atom. The molecule has 0 atom stereocenters. The average molecular weight is 153 g/mol. The zero-order valence-electron chi connectivity index (χ0n) is 6.66. The number of likely N-dealkylation sites (N-methyl/N-ethyl adjacent to an activating group) is 1. The van der Waals surface area contributed by atoms with Crippen LogP contribution in [0.4, 0.5) is 0 Å². The van der Waals surface area contributed by atoms with Crippen LogP contribution in [0.15, 0.2) is 12.4 Å². The standard InChI is InChI=1S/C7H11N3O/c1-10(2)5-6(11)7-8-3-4-9-7/h3-4H,5H2,1-2H3,(H,8,9). The number of imidazole rings is 1. The lowest BCUT2D eigenvalue weighted by Crippen LogP contribution is -2.22. The predicted octanol–water partition coefficient (Wildman–Crippen LogP) is 0.154. The average Bonchev–Trinajstić information content (AvgIpc) is 2.35. The van der Waals surface area contributed by atoms with E-state index >= 15 is 0 Å². The number of aromatic amines is 1. The van der Waals surface area contributed by atoms with Crippen LogP contribution in [0.1, 0.15) is 10.6 Å². The van der Waals surface area contributed by atoms with Gasteiger partial charge in [-0.2, -0.15) is 0 Å². The summed E-state index contributed by atoms with van der Waals surface area (Å²) in [6.07, 6.45) is 3.21. The molecular formula is C7H11N3O. The monoisotopic (exact) mass is 153 g/mol. The van der Waals surface area contributed by atoms with Gasteiger partial charge >= 0.3 is 0 Å². The van der Waals surface area contributed by atoms with Crippen molar-refractivity contribution in [3.8, 4) is 0 Å². The van der Waals surface area contributed by atoms with Gasteiger partial charge < -0.3 is 9.88 Å². The number of rotatable bonds is 3. The molecule has 0 unspecified atom stereocenters. The van der Waals surface area contributed by atoms with E-state index in [0.29, 0.717) is 12.4 Å². The Bertz CT molecular complexity index is 228. The molecule has 0 amide bonds. The molecule has 1 rings (SSSR count). The maximum Gasteiger partial charge on any atom is 0.211 e. The molecule has 4 heteroatoms. The second kappa shape index (κ2) is 3.30. The van der Waals surface area contributed by atoms with Gasteiger partial charge in [0.15, 0.2) is 5.82 Å². The fraction of sp³-hybridized carbons (Fsp3) is 0.429. The molecule has 0 aliphatic carbocycles. The SMILES string of the molecule is CN(C)CC(=O)c1ncc[nH]1. The molecule has 60 valence electrons. The van der Waals surface area contributed by atoms with E-state index in [1.807, 2.05) is 19.0 Å². The number of hydrogen-bond donors (Lipinski definition) is 1. The van der Waals surface area contributed by atoms with Gasteiger partial charge in [0.25, 0.3) is 0 Å². The van der Waals surface area contributed by atoms with Crippen molar-refractivity contribution in [2.75, 3.05) is 20.6 Å². The summed E-state index contributed by atoms with van der Waals surface area (Å²) >= 11 is 0. The summed E-state index contributed by atoms with van der Waals surface area (Å²) in [5, 5.41) is 0. The van der Waals surface area contributed by atoms with E-state index in [2.05, 4.69) is 9.97 Å². The van der Waals surface area contributed by atoms with Crippen molar-refractivity contribution < 1.29 is 4.79 Å². The van der Waals surface area contributed by atoms with Crippen LogP contribution < -0.4 is 0 Å². The molecule has 1 aromatic heterocycles. The number of carbonyl (C=O) groups is 1. The van der Waals surface area contributed by atoms with Crippen LogP contribution in [0.2, 0.25) is 0 Å². The maximum atomic E-state index is 11.2. The van der Waals surface area contributed by atoms with Crippen LogP contribution in [-0.2, 0) is 0 Å². The molecule has 0 spiro atoms. The molecule has 0 aromatic carbocycles. The minimum atomic E-state index is 0.0139. The van der Waals surface area contributed by atoms with E-state index in [9.17, 15) is 4.79 Å². The van der Waals surface area contributed by atoms with Gasteiger partial charge in [0.2, 0.25) is 5.78 Å². The zero-order chi connectivity index (χ0) is 8.27. The van der Waals surface area contributed by atoms with Crippen LogP contribution in [-0.4, -0.2) is 41.3 Å². The van der Waals surface area contributed by atoms with E-state index in [1.54, 1.807) is 12.4 Å². The molecule has 0 fully saturated rings. The fourth-order valence-corrected chi connectivity index (χ4v) is 0.780. The Kier molecular flexibility index (Phi) is 2.38. The minimum absolute atomic E-state index is 0.0139. The van der Waals surface area contributed by atoms with Gasteiger partial charge in [-0.1, -0.05) is 0 Å². The summed E-state index contributed by atoms with van der Waals surface area (Å²) in [6.45, 7) is 0.396. The van der Waals surface area contributed by atoms with Crippen LogP contribution >= 0.6 is 0 Å². The van der Waals surface area contributed by atoms with E-state index in [-0.39, 0.29) is 5.78 Å². The molecule has 11 heavy (non-hydrogen) atoms. The lowest BCUT2D eigenvalue weighted by molar-refractivity contribution is 0.0948. The van der Waals surface area contributed by atoms with Crippen LogP contribution in [0, 0.1) is 0 Å². The quantitative estimate of drug-likeness (QED) is 0.629. The van der Waals surface area contributed by atoms with Gasteiger partial charge in [0.05, 0.1) is 6.54 Å². The zero-order valence-corrected chi connectivity index (χ0v) is 6.66. The highest BCUT2D eigenvalue weighted by Crippen LogP contribution is 1.91. The van der Waals surface area contributed by atoms with Gasteiger partial charge in [-0.3, -0.25) is 4.79 Å². The molecule has 0 aliphatic heterocycles. The van der Waals surface area contributed by atoms with Gasteiger partial charge in [-0.05, 0) is 14.1 Å². The summed E-state index contributed by atoms with van der Waals surface area (Å²) in [5.41, 5.74) is 0. The van der Waals surface area contributed by atoms with E-state index < -0.39 is 0 Å². The lowest BCUT2D eigenvalue weighted by Gasteiger charge is -2.05. The number of aromatic nitrogens is 2. The van der Waals surface area contributed by atoms with Crippen molar-refractivity contribution >= 4 is 5.78 Å². The lowest BCUT2D eigenvalue weighted by atomic mass is 10.3. The van der Waals surface area contributed by atoms with Crippen molar-refractivity contribution in [3.05, 3.63) is 18.2 Å². The first-order chi connectivity index (χ1) is 5.20. The predicted molar refractivity (Wildman–Crippen MR) is 41.5 cm³/mol. The Balaban J connectivity index is 2.57. The van der Waals surface area contributed by atoms with Crippen molar-refractivity contribution in [1.82, 2.24) is 14.9 Å². The highest BCUT2D eigenvalue weighted by molar-refractivity contribution is 5.94. The second-order valence-electron chi connectivity index (χ2n) is 2.60. The number of hydrogen-bond acceptors (Lipinski definition) is 3. The summed E-state index contributed by atoms with van der Waals surface area (Å²) in [4.78, 5) is 19.6. The molecule has 4 nitrogen and oxygen atoms in total. The maximum absolute atomic E-state index is 11.2. The first-order valence-electron chi connectivity index (χ1n) is 3.37. The Morgan fingerprint density at radius 2 is 2.45 bits per heavy atom. The van der Waals surface area contributed by atoms with E-state index in [0.717, 1.165) is 0 Å². The third kappa shape index (κ3) is 2.16. The van der Waals surface area contributed by atoms with Crippen LogP contribution in [0.5, 0.6) is 0 Å². The molecule has 0 aliphatic rings. The van der Waals surface area contributed by atoms with Crippen molar-refractivity contribution in [1.29, 1.82) is 0 Å². The van der Waals surface area contributed by atoms with Gasteiger partial charge in [0.1, 0.15) is 0 Å². The van der Waals surface area contributed by atoms with Crippen molar-refractivity contribution in [2.24, 2.45) is 0 Å². The highest BCUT2D eigenvalue weighted by atomic mass is 16.1. The first-order valence-corrected chi connectivity index (χ1v) is 3.37. The number of ketones is 1.